The third kappa shape index (κ3) is 2.22. The molecule has 19 heavy (non-hydrogen) atoms. The number of rotatable bonds is 3. The van der Waals surface area contributed by atoms with Crippen LogP contribution in [-0.4, -0.2) is 9.97 Å². The molecule has 0 aliphatic carbocycles. The summed E-state index contributed by atoms with van der Waals surface area (Å²) < 4.78 is 5.45. The van der Waals surface area contributed by atoms with Gasteiger partial charge in [0.15, 0.2) is 11.2 Å². The van der Waals surface area contributed by atoms with Crippen molar-refractivity contribution in [1.82, 2.24) is 9.97 Å². The zero-order chi connectivity index (χ0) is 13.2. The number of oxazole rings is 1. The molecule has 3 aromatic rings. The summed E-state index contributed by atoms with van der Waals surface area (Å²) in [6.07, 6.45) is 1.04. The van der Waals surface area contributed by atoms with Crippen LogP contribution in [-0.2, 0) is 13.0 Å². The fraction of sp³-hybridized carbons (Fsp3) is 0.200. The lowest BCUT2D eigenvalue weighted by molar-refractivity contribution is 0.533. The van der Waals surface area contributed by atoms with Crippen LogP contribution in [0.25, 0.3) is 22.5 Å². The average molecular weight is 253 g/mol. The van der Waals surface area contributed by atoms with Gasteiger partial charge in [-0.3, -0.25) is 0 Å². The van der Waals surface area contributed by atoms with Gasteiger partial charge in [0, 0.05) is 5.56 Å². The second-order valence-electron chi connectivity index (χ2n) is 4.38. The summed E-state index contributed by atoms with van der Waals surface area (Å²) in [5.41, 5.74) is 10.1. The zero-order valence-electron chi connectivity index (χ0n) is 10.8. The topological polar surface area (TPSA) is 64.9 Å². The highest BCUT2D eigenvalue weighted by molar-refractivity contribution is 5.73. The van der Waals surface area contributed by atoms with Crippen LogP contribution in [0, 0.1) is 0 Å². The maximum absolute atomic E-state index is 5.51. The lowest BCUT2D eigenvalue weighted by Crippen LogP contribution is -1.95. The van der Waals surface area contributed by atoms with Crippen molar-refractivity contribution < 1.29 is 4.42 Å². The van der Waals surface area contributed by atoms with Crippen molar-refractivity contribution in [3.8, 4) is 11.3 Å². The van der Waals surface area contributed by atoms with E-state index < -0.39 is 0 Å². The number of benzene rings is 1. The molecule has 4 nitrogen and oxygen atoms in total. The molecule has 4 heteroatoms. The fourth-order valence-corrected chi connectivity index (χ4v) is 2.02. The second-order valence-corrected chi connectivity index (χ2v) is 4.38. The third-order valence-electron chi connectivity index (χ3n) is 3.13. The zero-order valence-corrected chi connectivity index (χ0v) is 10.8. The normalized spacial score (nSPS) is 11.1. The maximum Gasteiger partial charge on any atom is 0.210 e. The highest BCUT2D eigenvalue weighted by Gasteiger charge is 2.07. The number of hydrogen-bond donors (Lipinski definition) is 1. The molecule has 0 bridgehead atoms. The Bertz CT molecular complexity index is 701. The first kappa shape index (κ1) is 11.9. The van der Waals surface area contributed by atoms with E-state index in [1.807, 2.05) is 12.1 Å². The largest absolute Gasteiger partial charge is 0.438 e. The van der Waals surface area contributed by atoms with Gasteiger partial charge in [-0.05, 0) is 24.1 Å². The molecule has 96 valence electrons. The molecule has 0 unspecified atom stereocenters. The predicted molar refractivity (Wildman–Crippen MR) is 74.5 cm³/mol. The predicted octanol–water partition coefficient (Wildman–Crippen LogP) is 2.91. The van der Waals surface area contributed by atoms with Crippen molar-refractivity contribution in [3.63, 3.8) is 0 Å². The van der Waals surface area contributed by atoms with Crippen LogP contribution in [0.2, 0.25) is 0 Å². The van der Waals surface area contributed by atoms with E-state index in [1.165, 1.54) is 5.56 Å². The molecule has 2 heterocycles. The summed E-state index contributed by atoms with van der Waals surface area (Å²) in [7, 11) is 0. The van der Waals surface area contributed by atoms with E-state index in [4.69, 9.17) is 10.2 Å². The van der Waals surface area contributed by atoms with Crippen LogP contribution >= 0.6 is 0 Å². The van der Waals surface area contributed by atoms with Crippen molar-refractivity contribution in [2.45, 2.75) is 19.9 Å². The van der Waals surface area contributed by atoms with E-state index in [1.54, 1.807) is 0 Å². The minimum atomic E-state index is 0.289. The fourth-order valence-electron chi connectivity index (χ4n) is 2.02. The van der Waals surface area contributed by atoms with E-state index in [0.717, 1.165) is 17.7 Å². The summed E-state index contributed by atoms with van der Waals surface area (Å²) >= 11 is 0. The van der Waals surface area contributed by atoms with Gasteiger partial charge in [0.2, 0.25) is 5.89 Å². The SMILES string of the molecule is CCc1ccc(-c2ccc3oc(CN)nc3n2)cc1. The summed E-state index contributed by atoms with van der Waals surface area (Å²) in [5, 5.41) is 0. The average Bonchev–Trinajstić information content (AvgIpc) is 2.89. The molecule has 2 aromatic heterocycles. The van der Waals surface area contributed by atoms with Gasteiger partial charge >= 0.3 is 0 Å². The molecule has 0 aliphatic rings. The number of hydrogen-bond acceptors (Lipinski definition) is 4. The molecule has 1 aromatic carbocycles. The third-order valence-corrected chi connectivity index (χ3v) is 3.13. The van der Waals surface area contributed by atoms with Crippen LogP contribution < -0.4 is 5.73 Å². The Morgan fingerprint density at radius 3 is 2.53 bits per heavy atom. The molecule has 3 rings (SSSR count). The molecule has 0 fully saturated rings. The van der Waals surface area contributed by atoms with Gasteiger partial charge in [-0.25, -0.2) is 4.98 Å². The summed E-state index contributed by atoms with van der Waals surface area (Å²) in [6, 6.07) is 12.2. The van der Waals surface area contributed by atoms with Crippen LogP contribution in [0.3, 0.4) is 0 Å². The lowest BCUT2D eigenvalue weighted by atomic mass is 10.1. The molecular weight excluding hydrogens is 238 g/mol. The Balaban J connectivity index is 2.03. The Morgan fingerprint density at radius 1 is 1.05 bits per heavy atom. The number of aryl methyl sites for hydroxylation is 1. The Hall–Kier alpha value is -2.20. The Kier molecular flexibility index (Phi) is 3.01. The number of fused-ring (bicyclic) bond motifs is 1. The summed E-state index contributed by atoms with van der Waals surface area (Å²) in [4.78, 5) is 8.76. The molecule has 2 N–H and O–H groups in total. The number of nitrogens with two attached hydrogens (primary N) is 1. The van der Waals surface area contributed by atoms with Gasteiger partial charge in [-0.2, -0.15) is 4.98 Å². The van der Waals surface area contributed by atoms with Crippen molar-refractivity contribution in [1.29, 1.82) is 0 Å². The standard InChI is InChI=1S/C15H15N3O/c1-2-10-3-5-11(6-4-10)12-7-8-13-15(17-12)18-14(9-16)19-13/h3-8H,2,9,16H2,1H3. The summed E-state index contributed by atoms with van der Waals surface area (Å²) in [6.45, 7) is 2.43. The molecule has 0 amide bonds. The van der Waals surface area contributed by atoms with Gasteiger partial charge < -0.3 is 10.2 Å². The minimum absolute atomic E-state index is 0.289. The van der Waals surface area contributed by atoms with Crippen molar-refractivity contribution in [3.05, 3.63) is 47.9 Å². The van der Waals surface area contributed by atoms with Crippen molar-refractivity contribution in [2.24, 2.45) is 5.73 Å². The maximum atomic E-state index is 5.51. The monoisotopic (exact) mass is 253 g/mol. The minimum Gasteiger partial charge on any atom is -0.438 e. The highest BCUT2D eigenvalue weighted by atomic mass is 16.3. The molecule has 0 saturated carbocycles. The van der Waals surface area contributed by atoms with Gasteiger partial charge in [-0.15, -0.1) is 0 Å². The first-order valence-electron chi connectivity index (χ1n) is 6.36. The van der Waals surface area contributed by atoms with E-state index >= 15 is 0 Å². The van der Waals surface area contributed by atoms with Crippen LogP contribution in [0.4, 0.5) is 0 Å². The van der Waals surface area contributed by atoms with E-state index in [9.17, 15) is 0 Å². The van der Waals surface area contributed by atoms with Gasteiger partial charge in [0.1, 0.15) is 0 Å². The molecule has 0 saturated heterocycles. The lowest BCUT2D eigenvalue weighted by Gasteiger charge is -2.01. The van der Waals surface area contributed by atoms with Gasteiger partial charge in [0.25, 0.3) is 0 Å². The van der Waals surface area contributed by atoms with Crippen LogP contribution in [0.1, 0.15) is 18.4 Å². The smallest absolute Gasteiger partial charge is 0.210 e. The van der Waals surface area contributed by atoms with Crippen LogP contribution in [0.5, 0.6) is 0 Å². The first-order chi connectivity index (χ1) is 9.30. The molecule has 0 radical (unpaired) electrons. The second kappa shape index (κ2) is 4.82. The van der Waals surface area contributed by atoms with E-state index in [0.29, 0.717) is 17.1 Å². The van der Waals surface area contributed by atoms with Gasteiger partial charge in [0.05, 0.1) is 12.2 Å². The quantitative estimate of drug-likeness (QED) is 0.779. The Morgan fingerprint density at radius 2 is 1.84 bits per heavy atom. The molecular formula is C15H15N3O. The number of aromatic nitrogens is 2. The van der Waals surface area contributed by atoms with E-state index in [2.05, 4.69) is 41.2 Å². The number of nitrogens with zero attached hydrogens (tertiary/aromatic N) is 2. The van der Waals surface area contributed by atoms with Gasteiger partial charge in [-0.1, -0.05) is 31.2 Å². The molecule has 0 aliphatic heterocycles. The highest BCUT2D eigenvalue weighted by Crippen LogP contribution is 2.21. The molecule has 0 atom stereocenters. The first-order valence-corrected chi connectivity index (χ1v) is 6.36. The Labute approximate surface area is 111 Å². The van der Waals surface area contributed by atoms with Crippen LogP contribution in [0.15, 0.2) is 40.8 Å². The number of pyridine rings is 1. The van der Waals surface area contributed by atoms with E-state index in [-0.39, 0.29) is 6.54 Å². The molecule has 0 spiro atoms. The van der Waals surface area contributed by atoms with Crippen molar-refractivity contribution in [2.75, 3.05) is 0 Å². The van der Waals surface area contributed by atoms with Crippen molar-refractivity contribution >= 4 is 11.2 Å². The summed E-state index contributed by atoms with van der Waals surface area (Å²) in [5.74, 6) is 0.515.